The van der Waals surface area contributed by atoms with Crippen LogP contribution in [-0.4, -0.2) is 33.1 Å². The largest absolute Gasteiger partial charge is 0.382 e. The first kappa shape index (κ1) is 10.9. The third kappa shape index (κ3) is 1.85. The summed E-state index contributed by atoms with van der Waals surface area (Å²) in [5.74, 6) is 0.271. The fraction of sp³-hybridized carbons (Fsp3) is 0.545. The number of nitrogens with two attached hydrogens (primary N) is 1. The molecule has 86 valence electrons. The molecular formula is C11H16N4O. The van der Waals surface area contributed by atoms with Crippen molar-refractivity contribution in [2.24, 2.45) is 0 Å². The van der Waals surface area contributed by atoms with Crippen LogP contribution in [0.3, 0.4) is 0 Å². The summed E-state index contributed by atoms with van der Waals surface area (Å²) in [5, 5.41) is 7.52. The highest BCUT2D eigenvalue weighted by molar-refractivity contribution is 5.93. The molecule has 1 aromatic rings. The predicted octanol–water partition coefficient (Wildman–Crippen LogP) is 1.07. The van der Waals surface area contributed by atoms with Crippen LogP contribution in [0.4, 0.5) is 5.82 Å². The molecule has 0 radical (unpaired) electrons. The van der Waals surface area contributed by atoms with Crippen molar-refractivity contribution >= 4 is 11.7 Å². The molecular weight excluding hydrogens is 204 g/mol. The van der Waals surface area contributed by atoms with Crippen LogP contribution >= 0.6 is 0 Å². The van der Waals surface area contributed by atoms with E-state index < -0.39 is 0 Å². The highest BCUT2D eigenvalue weighted by Crippen LogP contribution is 2.29. The normalized spacial score (nSPS) is 18.8. The fourth-order valence-electron chi connectivity index (χ4n) is 2.08. The Balaban J connectivity index is 2.22. The number of amides is 1. The molecule has 1 amide bonds. The molecule has 0 aliphatic carbocycles. The second-order valence-electron chi connectivity index (χ2n) is 4.72. The monoisotopic (exact) mass is 220 g/mol. The number of aromatic nitrogens is 2. The molecule has 0 spiro atoms. The second-order valence-corrected chi connectivity index (χ2v) is 4.72. The van der Waals surface area contributed by atoms with E-state index >= 15 is 0 Å². The lowest BCUT2D eigenvalue weighted by Gasteiger charge is -2.31. The Bertz CT molecular complexity index is 399. The third-order valence-electron chi connectivity index (χ3n) is 3.05. The lowest BCUT2D eigenvalue weighted by atomic mass is 10.0. The van der Waals surface area contributed by atoms with Crippen LogP contribution in [0.25, 0.3) is 0 Å². The quantitative estimate of drug-likeness (QED) is 0.768. The van der Waals surface area contributed by atoms with Crippen LogP contribution < -0.4 is 5.73 Å². The molecule has 0 bridgehead atoms. The number of hydrogen-bond donors (Lipinski definition) is 1. The number of carbonyl (C=O) groups is 1. The van der Waals surface area contributed by atoms with Crippen LogP contribution in [0.15, 0.2) is 12.1 Å². The Hall–Kier alpha value is -1.65. The maximum Gasteiger partial charge on any atom is 0.274 e. The minimum absolute atomic E-state index is 0.0602. The van der Waals surface area contributed by atoms with Gasteiger partial charge in [-0.25, -0.2) is 0 Å². The molecule has 1 saturated heterocycles. The molecule has 1 aliphatic rings. The first-order valence-electron chi connectivity index (χ1n) is 5.42. The van der Waals surface area contributed by atoms with Crippen molar-refractivity contribution in [3.8, 4) is 0 Å². The van der Waals surface area contributed by atoms with Gasteiger partial charge >= 0.3 is 0 Å². The van der Waals surface area contributed by atoms with E-state index in [2.05, 4.69) is 24.0 Å². The number of likely N-dealkylation sites (tertiary alicyclic amines) is 1. The fourth-order valence-corrected chi connectivity index (χ4v) is 2.08. The Kier molecular flexibility index (Phi) is 2.53. The molecule has 5 nitrogen and oxygen atoms in total. The van der Waals surface area contributed by atoms with Gasteiger partial charge in [-0.1, -0.05) is 0 Å². The number of anilines is 1. The zero-order chi connectivity index (χ0) is 11.8. The van der Waals surface area contributed by atoms with E-state index in [1.165, 1.54) is 0 Å². The summed E-state index contributed by atoms with van der Waals surface area (Å²) in [6.07, 6.45) is 2.07. The van der Waals surface area contributed by atoms with Gasteiger partial charge in [0.1, 0.15) is 5.82 Å². The Morgan fingerprint density at radius 3 is 2.69 bits per heavy atom. The van der Waals surface area contributed by atoms with Crippen molar-refractivity contribution in [3.63, 3.8) is 0 Å². The molecule has 2 N–H and O–H groups in total. The number of rotatable bonds is 1. The van der Waals surface area contributed by atoms with Gasteiger partial charge < -0.3 is 10.6 Å². The Morgan fingerprint density at radius 1 is 1.44 bits per heavy atom. The Morgan fingerprint density at radius 2 is 2.19 bits per heavy atom. The minimum Gasteiger partial charge on any atom is -0.382 e. The average Bonchev–Trinajstić information content (AvgIpc) is 2.58. The summed E-state index contributed by atoms with van der Waals surface area (Å²) in [7, 11) is 0. The van der Waals surface area contributed by atoms with Crippen molar-refractivity contribution in [2.45, 2.75) is 32.2 Å². The van der Waals surface area contributed by atoms with E-state index in [1.54, 1.807) is 12.1 Å². The molecule has 1 aliphatic heterocycles. The van der Waals surface area contributed by atoms with Crippen molar-refractivity contribution in [1.82, 2.24) is 15.1 Å². The van der Waals surface area contributed by atoms with Gasteiger partial charge in [0, 0.05) is 12.1 Å². The molecule has 16 heavy (non-hydrogen) atoms. The van der Waals surface area contributed by atoms with Gasteiger partial charge in [0.2, 0.25) is 0 Å². The number of nitrogens with zero attached hydrogens (tertiary/aromatic N) is 3. The van der Waals surface area contributed by atoms with Crippen molar-refractivity contribution in [2.75, 3.05) is 12.3 Å². The first-order chi connectivity index (χ1) is 7.50. The molecule has 1 aromatic heterocycles. The lowest BCUT2D eigenvalue weighted by Crippen LogP contribution is -2.43. The van der Waals surface area contributed by atoms with Gasteiger partial charge in [-0.05, 0) is 38.8 Å². The smallest absolute Gasteiger partial charge is 0.274 e. The molecule has 1 fully saturated rings. The predicted molar refractivity (Wildman–Crippen MR) is 60.8 cm³/mol. The molecule has 0 atom stereocenters. The highest BCUT2D eigenvalue weighted by Gasteiger charge is 2.36. The summed E-state index contributed by atoms with van der Waals surface area (Å²) >= 11 is 0. The zero-order valence-corrected chi connectivity index (χ0v) is 9.60. The molecule has 0 unspecified atom stereocenters. The molecule has 2 rings (SSSR count). The van der Waals surface area contributed by atoms with Gasteiger partial charge in [-0.15, -0.1) is 10.2 Å². The van der Waals surface area contributed by atoms with Crippen LogP contribution in [0.5, 0.6) is 0 Å². The summed E-state index contributed by atoms with van der Waals surface area (Å²) < 4.78 is 0. The van der Waals surface area contributed by atoms with E-state index in [0.29, 0.717) is 11.5 Å². The average molecular weight is 220 g/mol. The molecule has 5 heteroatoms. The molecule has 0 saturated carbocycles. The van der Waals surface area contributed by atoms with Gasteiger partial charge in [0.25, 0.3) is 5.91 Å². The van der Waals surface area contributed by atoms with Crippen LogP contribution in [0, 0.1) is 0 Å². The minimum atomic E-state index is -0.0832. The standard InChI is InChI=1S/C11H16N4O/c1-11(2)6-3-7-15(11)10(16)8-4-5-9(12)14-13-8/h4-5H,3,6-7H2,1-2H3,(H2,12,14). The summed E-state index contributed by atoms with van der Waals surface area (Å²) in [4.78, 5) is 14.0. The topological polar surface area (TPSA) is 72.1 Å². The van der Waals surface area contributed by atoms with Gasteiger partial charge in [0.15, 0.2) is 5.69 Å². The number of carbonyl (C=O) groups excluding carboxylic acids is 1. The number of nitrogen functional groups attached to an aromatic ring is 1. The third-order valence-corrected chi connectivity index (χ3v) is 3.05. The molecule has 2 heterocycles. The second kappa shape index (κ2) is 3.73. The van der Waals surface area contributed by atoms with E-state index in [9.17, 15) is 4.79 Å². The van der Waals surface area contributed by atoms with Crippen molar-refractivity contribution in [3.05, 3.63) is 17.8 Å². The molecule has 0 aromatic carbocycles. The van der Waals surface area contributed by atoms with Crippen LogP contribution in [0.2, 0.25) is 0 Å². The summed E-state index contributed by atoms with van der Waals surface area (Å²) in [6, 6.07) is 3.22. The SMILES string of the molecule is CC1(C)CCCN1C(=O)c1ccc(N)nn1. The van der Waals surface area contributed by atoms with Crippen molar-refractivity contribution in [1.29, 1.82) is 0 Å². The first-order valence-corrected chi connectivity index (χ1v) is 5.42. The lowest BCUT2D eigenvalue weighted by molar-refractivity contribution is 0.0644. The maximum absolute atomic E-state index is 12.2. The summed E-state index contributed by atoms with van der Waals surface area (Å²) in [6.45, 7) is 4.93. The van der Waals surface area contributed by atoms with Gasteiger partial charge in [-0.2, -0.15) is 0 Å². The van der Waals surface area contributed by atoms with E-state index in [4.69, 9.17) is 5.73 Å². The van der Waals surface area contributed by atoms with E-state index in [-0.39, 0.29) is 11.4 Å². The number of hydrogen-bond acceptors (Lipinski definition) is 4. The summed E-state index contributed by atoms with van der Waals surface area (Å²) in [5.41, 5.74) is 5.72. The van der Waals surface area contributed by atoms with Gasteiger partial charge in [-0.3, -0.25) is 4.79 Å². The zero-order valence-electron chi connectivity index (χ0n) is 9.60. The maximum atomic E-state index is 12.2. The van der Waals surface area contributed by atoms with Gasteiger partial charge in [0.05, 0.1) is 0 Å². The van der Waals surface area contributed by atoms with Crippen molar-refractivity contribution < 1.29 is 4.79 Å². The Labute approximate surface area is 94.6 Å². The van der Waals surface area contributed by atoms with Crippen LogP contribution in [-0.2, 0) is 0 Å². The van der Waals surface area contributed by atoms with E-state index in [1.807, 2.05) is 4.90 Å². The van der Waals surface area contributed by atoms with Crippen LogP contribution in [0.1, 0.15) is 37.2 Å². The highest BCUT2D eigenvalue weighted by atomic mass is 16.2. The van der Waals surface area contributed by atoms with E-state index in [0.717, 1.165) is 19.4 Å².